The van der Waals surface area contributed by atoms with E-state index in [9.17, 15) is 17.6 Å². The number of hydrogen-bond donors (Lipinski definition) is 3. The molecule has 0 spiro atoms. The molecule has 1 aromatic carbocycles. The molecule has 6 nitrogen and oxygen atoms in total. The van der Waals surface area contributed by atoms with Crippen LogP contribution in [0.15, 0.2) is 23.1 Å². The van der Waals surface area contributed by atoms with E-state index in [1.165, 1.54) is 0 Å². The first-order valence-corrected chi connectivity index (χ1v) is 7.21. The Kier molecular flexibility index (Phi) is 3.72. The number of benzene rings is 1. The highest BCUT2D eigenvalue weighted by Gasteiger charge is 2.25. The predicted octanol–water partition coefficient (Wildman–Crippen LogP) is -0.0352. The standard InChI is InChI=1S/C11H14FN3O3S/c12-7-1-3-10(9(13)5-7)19(17,18)15-8-2-4-11(16)14-6-8/h1,3,5,8,15H,2,4,6,13H2,(H,14,16). The van der Waals surface area contributed by atoms with Crippen LogP contribution in [0.4, 0.5) is 10.1 Å². The van der Waals surface area contributed by atoms with Gasteiger partial charge in [-0.2, -0.15) is 0 Å². The maximum absolute atomic E-state index is 12.9. The minimum Gasteiger partial charge on any atom is -0.398 e. The number of piperidine rings is 1. The van der Waals surface area contributed by atoms with Crippen molar-refractivity contribution in [2.45, 2.75) is 23.8 Å². The predicted molar refractivity (Wildman–Crippen MR) is 67.2 cm³/mol. The van der Waals surface area contributed by atoms with E-state index in [2.05, 4.69) is 10.0 Å². The molecule has 1 aromatic rings. The number of sulfonamides is 1. The van der Waals surface area contributed by atoms with E-state index in [4.69, 9.17) is 5.73 Å². The largest absolute Gasteiger partial charge is 0.398 e. The summed E-state index contributed by atoms with van der Waals surface area (Å²) < 4.78 is 39.5. The summed E-state index contributed by atoms with van der Waals surface area (Å²) in [4.78, 5) is 10.8. The molecule has 19 heavy (non-hydrogen) atoms. The van der Waals surface area contributed by atoms with Gasteiger partial charge in [0.05, 0.1) is 5.69 Å². The SMILES string of the molecule is Nc1cc(F)ccc1S(=O)(=O)NC1CCC(=O)NC1. The van der Waals surface area contributed by atoms with E-state index < -0.39 is 15.8 Å². The van der Waals surface area contributed by atoms with Gasteiger partial charge in [0, 0.05) is 19.0 Å². The third-order valence-electron chi connectivity index (χ3n) is 2.85. The van der Waals surface area contributed by atoms with Gasteiger partial charge in [-0.15, -0.1) is 0 Å². The number of carbonyl (C=O) groups excluding carboxylic acids is 1. The topological polar surface area (TPSA) is 101 Å². The molecule has 1 fully saturated rings. The highest BCUT2D eigenvalue weighted by molar-refractivity contribution is 7.89. The Morgan fingerprint density at radius 2 is 2.16 bits per heavy atom. The summed E-state index contributed by atoms with van der Waals surface area (Å²) in [6, 6.07) is 2.73. The van der Waals surface area contributed by atoms with Crippen LogP contribution in [-0.4, -0.2) is 26.9 Å². The number of amides is 1. The Hall–Kier alpha value is -1.67. The number of anilines is 1. The zero-order valence-corrected chi connectivity index (χ0v) is 10.8. The molecule has 4 N–H and O–H groups in total. The monoisotopic (exact) mass is 287 g/mol. The minimum absolute atomic E-state index is 0.100. The third-order valence-corrected chi connectivity index (χ3v) is 4.44. The van der Waals surface area contributed by atoms with Crippen LogP contribution in [0.1, 0.15) is 12.8 Å². The first-order chi connectivity index (χ1) is 8.88. The van der Waals surface area contributed by atoms with Crippen molar-refractivity contribution in [1.82, 2.24) is 10.0 Å². The summed E-state index contributed by atoms with van der Waals surface area (Å²) in [7, 11) is -3.82. The van der Waals surface area contributed by atoms with E-state index in [-0.39, 0.29) is 35.5 Å². The van der Waals surface area contributed by atoms with Crippen LogP contribution < -0.4 is 15.8 Å². The fraction of sp³-hybridized carbons (Fsp3) is 0.364. The van der Waals surface area contributed by atoms with Crippen LogP contribution in [-0.2, 0) is 14.8 Å². The molecule has 8 heteroatoms. The van der Waals surface area contributed by atoms with Crippen molar-refractivity contribution in [3.8, 4) is 0 Å². The average molecular weight is 287 g/mol. The van der Waals surface area contributed by atoms with Gasteiger partial charge in [-0.25, -0.2) is 17.5 Å². The molecule has 0 radical (unpaired) electrons. The normalized spacial score (nSPS) is 20.1. The summed E-state index contributed by atoms with van der Waals surface area (Å²) in [6.07, 6.45) is 0.693. The van der Waals surface area contributed by atoms with Crippen LogP contribution in [0.5, 0.6) is 0 Å². The fourth-order valence-electron chi connectivity index (χ4n) is 1.88. The minimum atomic E-state index is -3.82. The van der Waals surface area contributed by atoms with Crippen molar-refractivity contribution in [2.75, 3.05) is 12.3 Å². The molecule has 0 saturated carbocycles. The maximum Gasteiger partial charge on any atom is 0.242 e. The highest BCUT2D eigenvalue weighted by atomic mass is 32.2. The molecular formula is C11H14FN3O3S. The third kappa shape index (κ3) is 3.21. The number of nitrogens with one attached hydrogen (secondary N) is 2. The Balaban J connectivity index is 2.16. The average Bonchev–Trinajstić information content (AvgIpc) is 2.31. The molecule has 1 aliphatic rings. The summed E-state index contributed by atoms with van der Waals surface area (Å²) in [5, 5.41) is 2.57. The number of halogens is 1. The molecule has 0 aromatic heterocycles. The quantitative estimate of drug-likeness (QED) is 0.679. The summed E-state index contributed by atoms with van der Waals surface area (Å²) in [5.41, 5.74) is 5.36. The van der Waals surface area contributed by atoms with Crippen molar-refractivity contribution in [2.24, 2.45) is 0 Å². The van der Waals surface area contributed by atoms with Crippen LogP contribution >= 0.6 is 0 Å². The fourth-order valence-corrected chi connectivity index (χ4v) is 3.26. The molecule has 2 rings (SSSR count). The van der Waals surface area contributed by atoms with Gasteiger partial charge in [0.1, 0.15) is 10.7 Å². The van der Waals surface area contributed by atoms with Crippen molar-refractivity contribution >= 4 is 21.6 Å². The van der Waals surface area contributed by atoms with E-state index in [0.29, 0.717) is 6.42 Å². The van der Waals surface area contributed by atoms with Crippen LogP contribution in [0, 0.1) is 5.82 Å². The van der Waals surface area contributed by atoms with Gasteiger partial charge in [0.2, 0.25) is 15.9 Å². The summed E-state index contributed by atoms with van der Waals surface area (Å²) in [5.74, 6) is -0.696. The highest BCUT2D eigenvalue weighted by Crippen LogP contribution is 2.20. The van der Waals surface area contributed by atoms with Crippen LogP contribution in [0.25, 0.3) is 0 Å². The van der Waals surface area contributed by atoms with Gasteiger partial charge < -0.3 is 11.1 Å². The number of hydrogen-bond acceptors (Lipinski definition) is 4. The maximum atomic E-state index is 12.9. The number of carbonyl (C=O) groups is 1. The molecule has 104 valence electrons. The Morgan fingerprint density at radius 3 is 2.74 bits per heavy atom. The lowest BCUT2D eigenvalue weighted by Crippen LogP contribution is -2.47. The number of nitrogen functional groups attached to an aromatic ring is 1. The summed E-state index contributed by atoms with van der Waals surface area (Å²) >= 11 is 0. The van der Waals surface area contributed by atoms with Gasteiger partial charge >= 0.3 is 0 Å². The zero-order chi connectivity index (χ0) is 14.0. The second-order valence-corrected chi connectivity index (χ2v) is 6.03. The lowest BCUT2D eigenvalue weighted by Gasteiger charge is -2.23. The molecule has 1 aliphatic heterocycles. The van der Waals surface area contributed by atoms with E-state index in [0.717, 1.165) is 18.2 Å². The molecule has 1 saturated heterocycles. The molecule has 0 aliphatic carbocycles. The van der Waals surface area contributed by atoms with Gasteiger partial charge in [-0.1, -0.05) is 0 Å². The Bertz CT molecular complexity index is 593. The molecule has 1 heterocycles. The van der Waals surface area contributed by atoms with Crippen LogP contribution in [0.3, 0.4) is 0 Å². The molecule has 1 atom stereocenters. The van der Waals surface area contributed by atoms with Gasteiger partial charge in [0.15, 0.2) is 0 Å². The first kappa shape index (κ1) is 13.8. The van der Waals surface area contributed by atoms with Crippen molar-refractivity contribution in [3.05, 3.63) is 24.0 Å². The lowest BCUT2D eigenvalue weighted by atomic mass is 10.1. The number of rotatable bonds is 3. The second kappa shape index (κ2) is 5.14. The molecule has 1 amide bonds. The molecule has 1 unspecified atom stereocenters. The van der Waals surface area contributed by atoms with Gasteiger partial charge in [-0.05, 0) is 24.6 Å². The van der Waals surface area contributed by atoms with E-state index in [1.807, 2.05) is 0 Å². The Morgan fingerprint density at radius 1 is 1.42 bits per heavy atom. The lowest BCUT2D eigenvalue weighted by molar-refractivity contribution is -0.122. The van der Waals surface area contributed by atoms with Crippen molar-refractivity contribution in [1.29, 1.82) is 0 Å². The van der Waals surface area contributed by atoms with Gasteiger partial charge in [0.25, 0.3) is 0 Å². The first-order valence-electron chi connectivity index (χ1n) is 5.72. The molecular weight excluding hydrogens is 273 g/mol. The number of nitrogens with two attached hydrogens (primary N) is 1. The second-order valence-electron chi connectivity index (χ2n) is 4.34. The van der Waals surface area contributed by atoms with Crippen molar-refractivity contribution in [3.63, 3.8) is 0 Å². The van der Waals surface area contributed by atoms with Gasteiger partial charge in [-0.3, -0.25) is 4.79 Å². The zero-order valence-electron chi connectivity index (χ0n) is 10.0. The van der Waals surface area contributed by atoms with Crippen molar-refractivity contribution < 1.29 is 17.6 Å². The Labute approximate surface area is 110 Å². The van der Waals surface area contributed by atoms with E-state index in [1.54, 1.807) is 0 Å². The molecule has 0 bridgehead atoms. The van der Waals surface area contributed by atoms with Crippen LogP contribution in [0.2, 0.25) is 0 Å². The summed E-state index contributed by atoms with van der Waals surface area (Å²) in [6.45, 7) is 0.235. The van der Waals surface area contributed by atoms with E-state index >= 15 is 0 Å². The smallest absolute Gasteiger partial charge is 0.242 e.